The number of anilines is 1. The van der Waals surface area contributed by atoms with Gasteiger partial charge in [-0.1, -0.05) is 34.1 Å². The van der Waals surface area contributed by atoms with Crippen molar-refractivity contribution in [3.8, 4) is 0 Å². The Kier molecular flexibility index (Phi) is 3.96. The zero-order valence-electron chi connectivity index (χ0n) is 7.13. The van der Waals surface area contributed by atoms with Crippen LogP contribution in [0.3, 0.4) is 0 Å². The van der Waals surface area contributed by atoms with Crippen LogP contribution in [0.5, 0.6) is 0 Å². The van der Waals surface area contributed by atoms with E-state index in [2.05, 4.69) is 15.9 Å². The van der Waals surface area contributed by atoms with Crippen molar-refractivity contribution < 1.29 is 4.39 Å². The predicted molar refractivity (Wildman–Crippen MR) is 58.3 cm³/mol. The van der Waals surface area contributed by atoms with Gasteiger partial charge in [0.1, 0.15) is 5.82 Å². The topological polar surface area (TPSA) is 26.0 Å². The molecule has 13 heavy (non-hydrogen) atoms. The number of allylic oxidation sites excluding steroid dienone is 1. The van der Waals surface area contributed by atoms with Crippen LogP contribution in [0.4, 0.5) is 10.1 Å². The molecule has 0 fully saturated rings. The fourth-order valence-electron chi connectivity index (χ4n) is 0.994. The summed E-state index contributed by atoms with van der Waals surface area (Å²) in [5.74, 6) is -0.272. The average Bonchev–Trinajstić information content (AvgIpc) is 2.10. The Hall–Kier alpha value is -0.830. The third kappa shape index (κ3) is 2.84. The SMILES string of the molecule is Nc1cccc(F)c1C=CCCBr. The normalized spacial score (nSPS) is 10.9. The largest absolute Gasteiger partial charge is 0.398 e. The number of alkyl halides is 1. The summed E-state index contributed by atoms with van der Waals surface area (Å²) in [6, 6.07) is 4.70. The molecule has 0 atom stereocenters. The molecular formula is C10H11BrFN. The van der Waals surface area contributed by atoms with Gasteiger partial charge in [-0.05, 0) is 18.6 Å². The summed E-state index contributed by atoms with van der Waals surface area (Å²) >= 11 is 3.28. The molecule has 1 rings (SSSR count). The van der Waals surface area contributed by atoms with Gasteiger partial charge in [0, 0.05) is 16.6 Å². The third-order valence-electron chi connectivity index (χ3n) is 1.65. The first-order valence-electron chi connectivity index (χ1n) is 4.02. The van der Waals surface area contributed by atoms with E-state index in [-0.39, 0.29) is 5.82 Å². The molecule has 1 aromatic rings. The number of hydrogen-bond acceptors (Lipinski definition) is 1. The van der Waals surface area contributed by atoms with Gasteiger partial charge in [0.25, 0.3) is 0 Å². The Labute approximate surface area is 85.6 Å². The van der Waals surface area contributed by atoms with Crippen molar-refractivity contribution in [2.75, 3.05) is 11.1 Å². The second kappa shape index (κ2) is 5.02. The molecule has 0 unspecified atom stereocenters. The van der Waals surface area contributed by atoms with Gasteiger partial charge in [0.15, 0.2) is 0 Å². The van der Waals surface area contributed by atoms with Gasteiger partial charge in [0.05, 0.1) is 0 Å². The first-order valence-corrected chi connectivity index (χ1v) is 5.14. The third-order valence-corrected chi connectivity index (χ3v) is 2.10. The lowest BCUT2D eigenvalue weighted by molar-refractivity contribution is 0.626. The molecule has 0 aliphatic heterocycles. The number of hydrogen-bond donors (Lipinski definition) is 1. The van der Waals surface area contributed by atoms with Crippen LogP contribution in [0.25, 0.3) is 6.08 Å². The van der Waals surface area contributed by atoms with E-state index in [1.807, 2.05) is 6.08 Å². The Morgan fingerprint density at radius 3 is 2.85 bits per heavy atom. The van der Waals surface area contributed by atoms with Gasteiger partial charge >= 0.3 is 0 Å². The summed E-state index contributed by atoms with van der Waals surface area (Å²) in [5.41, 5.74) is 6.55. The maximum absolute atomic E-state index is 13.1. The van der Waals surface area contributed by atoms with Crippen LogP contribution in [0.15, 0.2) is 24.3 Å². The average molecular weight is 244 g/mol. The fraction of sp³-hybridized carbons (Fsp3) is 0.200. The molecule has 0 spiro atoms. The second-order valence-corrected chi connectivity index (χ2v) is 3.42. The van der Waals surface area contributed by atoms with Gasteiger partial charge < -0.3 is 5.73 Å². The lowest BCUT2D eigenvalue weighted by Gasteiger charge is -2.00. The van der Waals surface area contributed by atoms with Crippen molar-refractivity contribution in [3.63, 3.8) is 0 Å². The fourth-order valence-corrected chi connectivity index (χ4v) is 1.26. The molecule has 3 heteroatoms. The zero-order chi connectivity index (χ0) is 9.68. The highest BCUT2D eigenvalue weighted by Crippen LogP contribution is 2.17. The Balaban J connectivity index is 2.87. The zero-order valence-corrected chi connectivity index (χ0v) is 8.72. The van der Waals surface area contributed by atoms with E-state index in [0.717, 1.165) is 11.8 Å². The van der Waals surface area contributed by atoms with Crippen molar-refractivity contribution in [2.24, 2.45) is 0 Å². The summed E-state index contributed by atoms with van der Waals surface area (Å²) in [6.07, 6.45) is 4.48. The molecule has 0 saturated heterocycles. The minimum absolute atomic E-state index is 0.272. The van der Waals surface area contributed by atoms with E-state index in [0.29, 0.717) is 11.3 Å². The molecule has 0 amide bonds. The van der Waals surface area contributed by atoms with Gasteiger partial charge in [-0.15, -0.1) is 0 Å². The first kappa shape index (κ1) is 10.3. The van der Waals surface area contributed by atoms with Crippen molar-refractivity contribution in [3.05, 3.63) is 35.7 Å². The molecule has 0 saturated carbocycles. The number of nitrogen functional groups attached to an aromatic ring is 1. The summed E-state index contributed by atoms with van der Waals surface area (Å²) in [5, 5.41) is 0.873. The second-order valence-electron chi connectivity index (χ2n) is 2.62. The molecule has 1 aromatic carbocycles. The molecule has 0 bridgehead atoms. The van der Waals surface area contributed by atoms with Crippen LogP contribution < -0.4 is 5.73 Å². The van der Waals surface area contributed by atoms with Crippen LogP contribution in [-0.2, 0) is 0 Å². The molecular weight excluding hydrogens is 233 g/mol. The molecule has 0 aliphatic rings. The number of rotatable bonds is 3. The highest BCUT2D eigenvalue weighted by atomic mass is 79.9. The van der Waals surface area contributed by atoms with Crippen LogP contribution in [0.1, 0.15) is 12.0 Å². The Bertz CT molecular complexity index is 290. The standard InChI is InChI=1S/C10H11BrFN/c11-7-2-1-4-8-9(12)5-3-6-10(8)13/h1,3-6H,2,7,13H2. The van der Waals surface area contributed by atoms with Crippen LogP contribution in [0, 0.1) is 5.82 Å². The molecule has 2 N–H and O–H groups in total. The Morgan fingerprint density at radius 1 is 1.46 bits per heavy atom. The molecule has 70 valence electrons. The smallest absolute Gasteiger partial charge is 0.132 e. The van der Waals surface area contributed by atoms with E-state index in [9.17, 15) is 4.39 Å². The van der Waals surface area contributed by atoms with Gasteiger partial charge in [-0.25, -0.2) is 4.39 Å². The van der Waals surface area contributed by atoms with Gasteiger partial charge in [-0.2, -0.15) is 0 Å². The molecule has 0 aliphatic carbocycles. The minimum Gasteiger partial charge on any atom is -0.398 e. The van der Waals surface area contributed by atoms with Crippen LogP contribution in [0.2, 0.25) is 0 Å². The highest BCUT2D eigenvalue weighted by molar-refractivity contribution is 9.09. The predicted octanol–water partition coefficient (Wildman–Crippen LogP) is 3.21. The van der Waals surface area contributed by atoms with E-state index in [1.54, 1.807) is 18.2 Å². The van der Waals surface area contributed by atoms with Crippen molar-refractivity contribution in [1.82, 2.24) is 0 Å². The monoisotopic (exact) mass is 243 g/mol. The quantitative estimate of drug-likeness (QED) is 0.641. The molecule has 0 aromatic heterocycles. The van der Waals surface area contributed by atoms with E-state index in [4.69, 9.17) is 5.73 Å². The van der Waals surface area contributed by atoms with Crippen molar-refractivity contribution >= 4 is 27.7 Å². The van der Waals surface area contributed by atoms with E-state index >= 15 is 0 Å². The van der Waals surface area contributed by atoms with Gasteiger partial charge in [0.2, 0.25) is 0 Å². The van der Waals surface area contributed by atoms with E-state index in [1.165, 1.54) is 6.07 Å². The number of nitrogens with two attached hydrogens (primary N) is 1. The minimum atomic E-state index is -0.272. The van der Waals surface area contributed by atoms with Crippen molar-refractivity contribution in [2.45, 2.75) is 6.42 Å². The van der Waals surface area contributed by atoms with Crippen molar-refractivity contribution in [1.29, 1.82) is 0 Å². The summed E-state index contributed by atoms with van der Waals surface area (Å²) in [6.45, 7) is 0. The summed E-state index contributed by atoms with van der Waals surface area (Å²) in [7, 11) is 0. The van der Waals surface area contributed by atoms with Gasteiger partial charge in [-0.3, -0.25) is 0 Å². The summed E-state index contributed by atoms with van der Waals surface area (Å²) in [4.78, 5) is 0. The maximum atomic E-state index is 13.1. The molecule has 0 radical (unpaired) electrons. The number of benzene rings is 1. The first-order chi connectivity index (χ1) is 6.25. The van der Waals surface area contributed by atoms with Crippen LogP contribution in [-0.4, -0.2) is 5.33 Å². The van der Waals surface area contributed by atoms with Crippen LogP contribution >= 0.6 is 15.9 Å². The Morgan fingerprint density at radius 2 is 2.23 bits per heavy atom. The highest BCUT2D eigenvalue weighted by Gasteiger charge is 2.00. The molecule has 1 nitrogen and oxygen atoms in total. The maximum Gasteiger partial charge on any atom is 0.132 e. The number of halogens is 2. The summed E-state index contributed by atoms with van der Waals surface area (Å²) < 4.78 is 13.1. The molecule has 0 heterocycles. The van der Waals surface area contributed by atoms with E-state index < -0.39 is 0 Å². The lowest BCUT2D eigenvalue weighted by atomic mass is 10.1. The lowest BCUT2D eigenvalue weighted by Crippen LogP contribution is -1.91.